The summed E-state index contributed by atoms with van der Waals surface area (Å²) in [5, 5.41) is 4.93. The summed E-state index contributed by atoms with van der Waals surface area (Å²) in [5.41, 5.74) is 6.92. The number of ether oxygens (including phenoxy) is 1. The van der Waals surface area contributed by atoms with Crippen LogP contribution in [0, 0.1) is 20.4 Å². The smallest absolute Gasteiger partial charge is 0.231 e. The van der Waals surface area contributed by atoms with Gasteiger partial charge in [0.15, 0.2) is 6.20 Å². The predicted octanol–water partition coefficient (Wildman–Crippen LogP) is 7.57. The summed E-state index contributed by atoms with van der Waals surface area (Å²) in [4.78, 5) is 3.82. The summed E-state index contributed by atoms with van der Waals surface area (Å²) < 4.78 is 8.98. The van der Waals surface area contributed by atoms with Crippen molar-refractivity contribution < 1.29 is 9.30 Å². The maximum Gasteiger partial charge on any atom is 0.231 e. The zero-order valence-electron chi connectivity index (χ0n) is 20.6. The van der Waals surface area contributed by atoms with E-state index in [0.717, 1.165) is 27.8 Å². The monoisotopic (exact) mass is 435 g/mol. The second-order valence-electron chi connectivity index (χ2n) is 10.4. The van der Waals surface area contributed by atoms with Gasteiger partial charge in [0, 0.05) is 25.5 Å². The Morgan fingerprint density at radius 1 is 1.06 bits per heavy atom. The Hall–Kier alpha value is -3.38. The Labute approximate surface area is 196 Å². The number of pyridine rings is 1. The van der Waals surface area contributed by atoms with Crippen molar-refractivity contribution in [3.63, 3.8) is 0 Å². The molecule has 3 aromatic carbocycles. The van der Waals surface area contributed by atoms with Gasteiger partial charge in [0.05, 0.1) is 17.4 Å². The van der Waals surface area contributed by atoms with E-state index in [1.54, 1.807) is 0 Å². The van der Waals surface area contributed by atoms with E-state index >= 15 is 0 Å². The van der Waals surface area contributed by atoms with Gasteiger partial charge in [0.25, 0.3) is 0 Å². The molecule has 0 saturated carbocycles. The van der Waals surface area contributed by atoms with Crippen LogP contribution in [-0.4, -0.2) is 5.54 Å². The standard InChI is InChI=1S/C30H31N2O/c1-17(2)22-10-9-11-23-18(3)26-28-27-21(12-13-32(28)8)14-20(16-30(5,6)31-7)15-24(27)33-29(26)19(4)25(22)23/h9-15,17H,16H2,1-6,8H3/q+1. The van der Waals surface area contributed by atoms with Gasteiger partial charge < -0.3 is 9.58 Å². The number of hydrogen-bond donors (Lipinski definition) is 0. The van der Waals surface area contributed by atoms with Crippen molar-refractivity contribution in [1.29, 1.82) is 0 Å². The molecule has 0 fully saturated rings. The molecule has 0 unspecified atom stereocenters. The molecule has 33 heavy (non-hydrogen) atoms. The first-order valence-corrected chi connectivity index (χ1v) is 11.7. The van der Waals surface area contributed by atoms with E-state index in [4.69, 9.17) is 11.3 Å². The normalized spacial score (nSPS) is 12.7. The minimum Gasteiger partial charge on any atom is -0.455 e. The number of fused-ring (bicyclic) bond motifs is 3. The molecular formula is C30H31N2O+. The third-order valence-electron chi connectivity index (χ3n) is 7.09. The average molecular weight is 436 g/mol. The second kappa shape index (κ2) is 7.32. The number of benzene rings is 3. The van der Waals surface area contributed by atoms with E-state index < -0.39 is 5.54 Å². The number of aryl methyl sites for hydroxylation is 3. The van der Waals surface area contributed by atoms with Crippen LogP contribution in [0.15, 0.2) is 42.6 Å². The fourth-order valence-electron chi connectivity index (χ4n) is 5.46. The van der Waals surface area contributed by atoms with Gasteiger partial charge in [0.1, 0.15) is 18.5 Å². The molecule has 0 bridgehead atoms. The molecule has 5 rings (SSSR count). The van der Waals surface area contributed by atoms with Crippen molar-refractivity contribution in [1.82, 2.24) is 0 Å². The Balaban J connectivity index is 1.87. The van der Waals surface area contributed by atoms with E-state index in [1.165, 1.54) is 38.7 Å². The van der Waals surface area contributed by atoms with Gasteiger partial charge in [-0.15, -0.1) is 0 Å². The lowest BCUT2D eigenvalue weighted by Gasteiger charge is -2.26. The molecule has 0 atom stereocenters. The lowest BCUT2D eigenvalue weighted by atomic mass is 9.85. The highest BCUT2D eigenvalue weighted by molar-refractivity contribution is 6.07. The van der Waals surface area contributed by atoms with Crippen LogP contribution in [0.2, 0.25) is 0 Å². The summed E-state index contributed by atoms with van der Waals surface area (Å²) in [6, 6.07) is 13.2. The first kappa shape index (κ1) is 21.5. The van der Waals surface area contributed by atoms with Gasteiger partial charge in [-0.1, -0.05) is 38.1 Å². The topological polar surface area (TPSA) is 17.5 Å². The van der Waals surface area contributed by atoms with Crippen LogP contribution in [-0.2, 0) is 13.5 Å². The third kappa shape index (κ3) is 3.20. The van der Waals surface area contributed by atoms with Crippen LogP contribution in [0.25, 0.3) is 37.6 Å². The Morgan fingerprint density at radius 2 is 1.82 bits per heavy atom. The highest BCUT2D eigenvalue weighted by Gasteiger charge is 2.33. The van der Waals surface area contributed by atoms with E-state index in [1.807, 2.05) is 13.8 Å². The van der Waals surface area contributed by atoms with E-state index in [9.17, 15) is 0 Å². The van der Waals surface area contributed by atoms with Crippen LogP contribution in [0.5, 0.6) is 11.5 Å². The third-order valence-corrected chi connectivity index (χ3v) is 7.09. The molecule has 166 valence electrons. The average Bonchev–Trinajstić information content (AvgIpc) is 2.78. The van der Waals surface area contributed by atoms with Gasteiger partial charge in [-0.25, -0.2) is 11.1 Å². The zero-order chi connectivity index (χ0) is 23.7. The molecule has 4 aromatic rings. The van der Waals surface area contributed by atoms with Crippen molar-refractivity contribution in [2.75, 3.05) is 0 Å². The fourth-order valence-corrected chi connectivity index (χ4v) is 5.46. The van der Waals surface area contributed by atoms with Crippen molar-refractivity contribution >= 4 is 21.5 Å². The summed E-state index contributed by atoms with van der Waals surface area (Å²) in [7, 11) is 2.12. The first-order chi connectivity index (χ1) is 15.6. The van der Waals surface area contributed by atoms with Gasteiger partial charge in [0.2, 0.25) is 11.2 Å². The lowest BCUT2D eigenvalue weighted by Crippen LogP contribution is -2.32. The van der Waals surface area contributed by atoms with Crippen LogP contribution < -0.4 is 9.30 Å². The van der Waals surface area contributed by atoms with Gasteiger partial charge in [-0.2, -0.15) is 0 Å². The quantitative estimate of drug-likeness (QED) is 0.211. The number of rotatable bonds is 3. The van der Waals surface area contributed by atoms with Gasteiger partial charge >= 0.3 is 0 Å². The van der Waals surface area contributed by atoms with Gasteiger partial charge in [-0.05, 0) is 58.7 Å². The molecule has 0 radical (unpaired) electrons. The summed E-state index contributed by atoms with van der Waals surface area (Å²) in [5.74, 6) is 2.29. The Kier molecular flexibility index (Phi) is 4.76. The largest absolute Gasteiger partial charge is 0.455 e. The van der Waals surface area contributed by atoms with E-state index in [2.05, 4.69) is 86.7 Å². The molecule has 0 amide bonds. The second-order valence-corrected chi connectivity index (χ2v) is 10.4. The zero-order valence-corrected chi connectivity index (χ0v) is 20.6. The van der Waals surface area contributed by atoms with Crippen LogP contribution in [0.4, 0.5) is 0 Å². The highest BCUT2D eigenvalue weighted by Crippen LogP contribution is 2.51. The van der Waals surface area contributed by atoms with E-state index in [-0.39, 0.29) is 0 Å². The Morgan fingerprint density at radius 3 is 2.52 bits per heavy atom. The predicted molar refractivity (Wildman–Crippen MR) is 136 cm³/mol. The van der Waals surface area contributed by atoms with Crippen LogP contribution in [0.3, 0.4) is 0 Å². The SMILES string of the molecule is [C-]#[N+]C(C)(C)Cc1cc2c3c([n+](C)ccc3c1)-c1c(c(C)c3c(C(C)C)cccc3c1C)O2. The maximum absolute atomic E-state index is 7.56. The van der Waals surface area contributed by atoms with E-state index in [0.29, 0.717) is 12.3 Å². The molecule has 1 aliphatic heterocycles. The highest BCUT2D eigenvalue weighted by atomic mass is 16.5. The molecule has 0 aliphatic carbocycles. The summed E-state index contributed by atoms with van der Waals surface area (Å²) >= 11 is 0. The molecule has 1 aromatic heterocycles. The van der Waals surface area contributed by atoms with Gasteiger partial charge in [-0.3, -0.25) is 0 Å². The minimum atomic E-state index is -0.440. The first-order valence-electron chi connectivity index (χ1n) is 11.7. The number of nitrogens with zero attached hydrogens (tertiary/aromatic N) is 2. The minimum absolute atomic E-state index is 0.433. The maximum atomic E-state index is 7.56. The van der Waals surface area contributed by atoms with Crippen molar-refractivity contribution in [2.45, 2.75) is 59.4 Å². The molecule has 1 aliphatic rings. The molecule has 0 saturated heterocycles. The molecular weight excluding hydrogens is 404 g/mol. The van der Waals surface area contributed by atoms with Crippen LogP contribution >= 0.6 is 0 Å². The number of hydrogen-bond acceptors (Lipinski definition) is 1. The van der Waals surface area contributed by atoms with Crippen LogP contribution in [0.1, 0.15) is 55.9 Å². The fraction of sp³-hybridized carbons (Fsp3) is 0.333. The van der Waals surface area contributed by atoms with Crippen molar-refractivity contribution in [2.24, 2.45) is 7.05 Å². The summed E-state index contributed by atoms with van der Waals surface area (Å²) in [6.07, 6.45) is 2.84. The molecule has 3 heteroatoms. The molecule has 2 heterocycles. The van der Waals surface area contributed by atoms with Crippen molar-refractivity contribution in [3.8, 4) is 22.8 Å². The lowest BCUT2D eigenvalue weighted by molar-refractivity contribution is -0.659. The molecule has 3 nitrogen and oxygen atoms in total. The molecule has 0 N–H and O–H groups in total. The summed E-state index contributed by atoms with van der Waals surface area (Å²) in [6.45, 7) is 20.5. The van der Waals surface area contributed by atoms with Crippen molar-refractivity contribution in [3.05, 3.63) is 76.3 Å². The molecule has 0 spiro atoms. The Bertz CT molecular complexity index is 1500. The number of aromatic nitrogens is 1.